The molecule has 1 aliphatic rings. The van der Waals surface area contributed by atoms with E-state index in [9.17, 15) is 4.79 Å². The van der Waals surface area contributed by atoms with Gasteiger partial charge >= 0.3 is 0 Å². The molecule has 19 heavy (non-hydrogen) atoms. The number of hydrogen-bond acceptors (Lipinski definition) is 4. The second kappa shape index (κ2) is 7.03. The van der Waals surface area contributed by atoms with Crippen molar-refractivity contribution in [1.29, 1.82) is 0 Å². The lowest BCUT2D eigenvalue weighted by Crippen LogP contribution is -2.30. The second-order valence-electron chi connectivity index (χ2n) is 5.30. The molecule has 2 rings (SSSR count). The third-order valence-corrected chi connectivity index (χ3v) is 4.94. The SMILES string of the molecule is CN(Cc1ccc(C(=O)NN)s1)C1CCCCCC1. The van der Waals surface area contributed by atoms with E-state index < -0.39 is 0 Å². The van der Waals surface area contributed by atoms with Crippen molar-refractivity contribution in [3.8, 4) is 0 Å². The number of nitrogens with one attached hydrogen (secondary N) is 1. The maximum absolute atomic E-state index is 11.4. The van der Waals surface area contributed by atoms with Crippen LogP contribution in [0.1, 0.15) is 53.1 Å². The molecule has 1 saturated carbocycles. The van der Waals surface area contributed by atoms with Gasteiger partial charge in [-0.25, -0.2) is 5.84 Å². The normalized spacial score (nSPS) is 17.4. The van der Waals surface area contributed by atoms with Gasteiger partial charge in [-0.2, -0.15) is 0 Å². The average molecular weight is 281 g/mol. The number of nitrogens with two attached hydrogens (primary N) is 1. The van der Waals surface area contributed by atoms with Gasteiger partial charge in [0.05, 0.1) is 4.88 Å². The fraction of sp³-hybridized carbons (Fsp3) is 0.643. The summed E-state index contributed by atoms with van der Waals surface area (Å²) in [6.07, 6.45) is 8.06. The zero-order valence-electron chi connectivity index (χ0n) is 11.5. The first kappa shape index (κ1) is 14.5. The zero-order chi connectivity index (χ0) is 13.7. The maximum atomic E-state index is 11.4. The molecular weight excluding hydrogens is 258 g/mol. The minimum absolute atomic E-state index is 0.201. The van der Waals surface area contributed by atoms with E-state index in [4.69, 9.17) is 5.84 Å². The van der Waals surface area contributed by atoms with E-state index in [0.717, 1.165) is 6.54 Å². The topological polar surface area (TPSA) is 58.4 Å². The van der Waals surface area contributed by atoms with Gasteiger partial charge in [-0.05, 0) is 32.0 Å². The number of amides is 1. The van der Waals surface area contributed by atoms with E-state index in [1.807, 2.05) is 12.1 Å². The van der Waals surface area contributed by atoms with Crippen LogP contribution >= 0.6 is 11.3 Å². The van der Waals surface area contributed by atoms with Gasteiger partial charge in [-0.1, -0.05) is 25.7 Å². The highest BCUT2D eigenvalue weighted by Gasteiger charge is 2.18. The summed E-state index contributed by atoms with van der Waals surface area (Å²) in [5.74, 6) is 4.94. The monoisotopic (exact) mass is 281 g/mol. The first-order chi connectivity index (χ1) is 9.20. The van der Waals surface area contributed by atoms with Crippen molar-refractivity contribution in [3.63, 3.8) is 0 Å². The van der Waals surface area contributed by atoms with E-state index in [1.54, 1.807) is 0 Å². The molecule has 1 amide bonds. The average Bonchev–Trinajstić information content (AvgIpc) is 2.71. The van der Waals surface area contributed by atoms with E-state index in [-0.39, 0.29) is 5.91 Å². The van der Waals surface area contributed by atoms with Crippen LogP contribution in [0.4, 0.5) is 0 Å². The number of rotatable bonds is 4. The first-order valence-electron chi connectivity index (χ1n) is 7.00. The highest BCUT2D eigenvalue weighted by Crippen LogP contribution is 2.24. The molecule has 1 aliphatic carbocycles. The molecule has 1 fully saturated rings. The van der Waals surface area contributed by atoms with Crippen molar-refractivity contribution >= 4 is 17.2 Å². The predicted molar refractivity (Wildman–Crippen MR) is 78.9 cm³/mol. The smallest absolute Gasteiger partial charge is 0.275 e. The van der Waals surface area contributed by atoms with Crippen LogP contribution < -0.4 is 11.3 Å². The molecule has 0 atom stereocenters. The highest BCUT2D eigenvalue weighted by molar-refractivity contribution is 7.14. The number of carbonyl (C=O) groups is 1. The Kier molecular flexibility index (Phi) is 5.36. The first-order valence-corrected chi connectivity index (χ1v) is 7.82. The Morgan fingerprint density at radius 2 is 2.05 bits per heavy atom. The van der Waals surface area contributed by atoms with Crippen LogP contribution in [-0.4, -0.2) is 23.9 Å². The number of carbonyl (C=O) groups excluding carboxylic acids is 1. The van der Waals surface area contributed by atoms with Crippen molar-refractivity contribution in [3.05, 3.63) is 21.9 Å². The Labute approximate surface area is 118 Å². The third kappa shape index (κ3) is 4.03. The van der Waals surface area contributed by atoms with E-state index >= 15 is 0 Å². The molecule has 1 aromatic heterocycles. The van der Waals surface area contributed by atoms with Gasteiger partial charge in [0.25, 0.3) is 5.91 Å². The van der Waals surface area contributed by atoms with E-state index in [2.05, 4.69) is 17.4 Å². The van der Waals surface area contributed by atoms with Crippen molar-refractivity contribution < 1.29 is 4.79 Å². The molecule has 1 heterocycles. The van der Waals surface area contributed by atoms with E-state index in [1.165, 1.54) is 54.7 Å². The Morgan fingerprint density at radius 3 is 2.68 bits per heavy atom. The van der Waals surface area contributed by atoms with Crippen molar-refractivity contribution in [2.75, 3.05) is 7.05 Å². The van der Waals surface area contributed by atoms with Crippen LogP contribution in [0, 0.1) is 0 Å². The summed E-state index contributed by atoms with van der Waals surface area (Å²) < 4.78 is 0. The maximum Gasteiger partial charge on any atom is 0.275 e. The Balaban J connectivity index is 1.92. The van der Waals surface area contributed by atoms with Gasteiger partial charge in [0.2, 0.25) is 0 Å². The molecular formula is C14H23N3OS. The van der Waals surface area contributed by atoms with Crippen LogP contribution in [0.2, 0.25) is 0 Å². The van der Waals surface area contributed by atoms with Crippen LogP contribution in [0.5, 0.6) is 0 Å². The molecule has 1 aromatic rings. The molecule has 0 radical (unpaired) electrons. The molecule has 0 unspecified atom stereocenters. The van der Waals surface area contributed by atoms with Crippen LogP contribution in [0.25, 0.3) is 0 Å². The molecule has 0 aromatic carbocycles. The van der Waals surface area contributed by atoms with Gasteiger partial charge in [-0.15, -0.1) is 11.3 Å². The molecule has 0 bridgehead atoms. The van der Waals surface area contributed by atoms with E-state index in [0.29, 0.717) is 10.9 Å². The summed E-state index contributed by atoms with van der Waals surface area (Å²) in [5.41, 5.74) is 2.18. The largest absolute Gasteiger partial charge is 0.298 e. The summed E-state index contributed by atoms with van der Waals surface area (Å²) >= 11 is 1.53. The predicted octanol–water partition coefficient (Wildman–Crippen LogP) is 2.51. The van der Waals surface area contributed by atoms with Gasteiger partial charge in [0.15, 0.2) is 0 Å². The van der Waals surface area contributed by atoms with Crippen molar-refractivity contribution in [1.82, 2.24) is 10.3 Å². The standard InChI is InChI=1S/C14H23N3OS/c1-17(11-6-4-2-3-5-7-11)10-12-8-9-13(19-12)14(18)16-15/h8-9,11H,2-7,10,15H2,1H3,(H,16,18). The summed E-state index contributed by atoms with van der Waals surface area (Å²) in [6.45, 7) is 0.924. The van der Waals surface area contributed by atoms with Gasteiger partial charge < -0.3 is 0 Å². The van der Waals surface area contributed by atoms with Crippen molar-refractivity contribution in [2.24, 2.45) is 5.84 Å². The molecule has 3 N–H and O–H groups in total. The zero-order valence-corrected chi connectivity index (χ0v) is 12.3. The summed E-state index contributed by atoms with van der Waals surface area (Å²) in [7, 11) is 2.19. The van der Waals surface area contributed by atoms with Gasteiger partial charge in [-0.3, -0.25) is 15.1 Å². The number of hydrogen-bond donors (Lipinski definition) is 2. The lowest BCUT2D eigenvalue weighted by atomic mass is 10.1. The molecule has 0 aliphatic heterocycles. The van der Waals surface area contributed by atoms with Crippen LogP contribution in [-0.2, 0) is 6.54 Å². The fourth-order valence-corrected chi connectivity index (χ4v) is 3.70. The summed E-state index contributed by atoms with van der Waals surface area (Å²) in [4.78, 5) is 15.8. The second-order valence-corrected chi connectivity index (χ2v) is 6.47. The minimum atomic E-state index is -0.201. The lowest BCUT2D eigenvalue weighted by molar-refractivity contribution is 0.0957. The number of thiophene rings is 1. The minimum Gasteiger partial charge on any atom is -0.298 e. The van der Waals surface area contributed by atoms with Crippen LogP contribution in [0.15, 0.2) is 12.1 Å². The lowest BCUT2D eigenvalue weighted by Gasteiger charge is -2.26. The molecule has 5 heteroatoms. The number of nitrogens with zero attached hydrogens (tertiary/aromatic N) is 1. The van der Waals surface area contributed by atoms with Gasteiger partial charge in [0.1, 0.15) is 0 Å². The molecule has 0 spiro atoms. The summed E-state index contributed by atoms with van der Waals surface area (Å²) in [5, 5.41) is 0. The Bertz CT molecular complexity index is 411. The Morgan fingerprint density at radius 1 is 1.37 bits per heavy atom. The molecule has 4 nitrogen and oxygen atoms in total. The number of nitrogen functional groups attached to an aromatic ring is 1. The number of hydrazine groups is 1. The molecule has 0 saturated heterocycles. The highest BCUT2D eigenvalue weighted by atomic mass is 32.1. The Hall–Kier alpha value is -0.910. The quantitative estimate of drug-likeness (QED) is 0.386. The van der Waals surface area contributed by atoms with Gasteiger partial charge in [0, 0.05) is 17.5 Å². The van der Waals surface area contributed by atoms with Crippen LogP contribution in [0.3, 0.4) is 0 Å². The summed E-state index contributed by atoms with van der Waals surface area (Å²) in [6, 6.07) is 4.57. The van der Waals surface area contributed by atoms with Crippen molar-refractivity contribution in [2.45, 2.75) is 51.1 Å². The molecule has 106 valence electrons. The fourth-order valence-electron chi connectivity index (χ4n) is 2.73. The third-order valence-electron chi connectivity index (χ3n) is 3.87.